The Bertz CT molecular complexity index is 479. The Balaban J connectivity index is 2.11. The van der Waals surface area contributed by atoms with Crippen LogP contribution in [0.4, 0.5) is 5.69 Å². The number of hydrogen-bond acceptors (Lipinski definition) is 2. The highest BCUT2D eigenvalue weighted by Gasteiger charge is 2.47. The van der Waals surface area contributed by atoms with Crippen molar-refractivity contribution >= 4 is 17.3 Å². The molecule has 1 aliphatic carbocycles. The first-order valence-corrected chi connectivity index (χ1v) is 5.92. The molecule has 0 bridgehead atoms. The van der Waals surface area contributed by atoms with E-state index in [9.17, 15) is 0 Å². The van der Waals surface area contributed by atoms with Gasteiger partial charge in [-0.3, -0.25) is 0 Å². The predicted molar refractivity (Wildman–Crippen MR) is 68.5 cm³/mol. The van der Waals surface area contributed by atoms with Gasteiger partial charge in [-0.15, -0.1) is 0 Å². The molecule has 0 spiro atoms. The zero-order valence-corrected chi connectivity index (χ0v) is 10.7. The molecule has 1 aromatic carbocycles. The first kappa shape index (κ1) is 12.2. The highest BCUT2D eigenvalue weighted by molar-refractivity contribution is 6.33. The van der Waals surface area contributed by atoms with E-state index >= 15 is 0 Å². The summed E-state index contributed by atoms with van der Waals surface area (Å²) in [5.41, 5.74) is 6.37. The molecule has 0 saturated heterocycles. The van der Waals surface area contributed by atoms with Crippen molar-refractivity contribution in [3.8, 4) is 5.75 Å². The molecular formula is C13H15ClN2O. The van der Waals surface area contributed by atoms with Crippen LogP contribution in [0.1, 0.15) is 20.3 Å². The maximum atomic E-state index is 6.92. The van der Waals surface area contributed by atoms with Gasteiger partial charge in [0.05, 0.1) is 11.6 Å². The second kappa shape index (κ2) is 4.21. The number of benzene rings is 1. The van der Waals surface area contributed by atoms with E-state index in [0.717, 1.165) is 6.42 Å². The minimum absolute atomic E-state index is 0.00898. The Kier molecular flexibility index (Phi) is 3.03. The van der Waals surface area contributed by atoms with Gasteiger partial charge in [0.1, 0.15) is 11.9 Å². The van der Waals surface area contributed by atoms with E-state index in [1.807, 2.05) is 0 Å². The van der Waals surface area contributed by atoms with Crippen LogP contribution in [0, 0.1) is 12.0 Å². The van der Waals surface area contributed by atoms with Crippen LogP contribution in [0.2, 0.25) is 5.02 Å². The van der Waals surface area contributed by atoms with Crippen LogP contribution in [-0.4, -0.2) is 12.1 Å². The van der Waals surface area contributed by atoms with Gasteiger partial charge in [-0.1, -0.05) is 31.5 Å². The molecule has 1 aromatic rings. The van der Waals surface area contributed by atoms with Crippen LogP contribution in [0.3, 0.4) is 0 Å². The van der Waals surface area contributed by atoms with E-state index in [0.29, 0.717) is 16.5 Å². The summed E-state index contributed by atoms with van der Waals surface area (Å²) in [5, 5.41) is 0.430. The molecule has 0 aliphatic heterocycles. The number of hydrogen-bond donors (Lipinski definition) is 1. The summed E-state index contributed by atoms with van der Waals surface area (Å²) in [6, 6.07) is 5.33. The van der Waals surface area contributed by atoms with Gasteiger partial charge in [0.15, 0.2) is 0 Å². The van der Waals surface area contributed by atoms with Gasteiger partial charge in [0.2, 0.25) is 5.69 Å². The summed E-state index contributed by atoms with van der Waals surface area (Å²) >= 11 is 5.96. The average molecular weight is 251 g/mol. The maximum absolute atomic E-state index is 6.92. The van der Waals surface area contributed by atoms with Gasteiger partial charge in [-0.05, 0) is 12.1 Å². The topological polar surface area (TPSA) is 39.6 Å². The standard InChI is InChI=1S/C13H15ClN2O/c1-13(2)11(15)7-12(13)17-8-4-5-10(16-3)9(14)6-8/h4-6,11-12H,7,15H2,1-2H3/t11-,12-/m0/s1. The fourth-order valence-electron chi connectivity index (χ4n) is 1.93. The molecule has 0 unspecified atom stereocenters. The smallest absolute Gasteiger partial charge is 0.205 e. The summed E-state index contributed by atoms with van der Waals surface area (Å²) in [6.45, 7) is 11.1. The lowest BCUT2D eigenvalue weighted by atomic mass is 9.65. The minimum atomic E-state index is -0.00898. The zero-order chi connectivity index (χ0) is 12.6. The van der Waals surface area contributed by atoms with Gasteiger partial charge in [-0.2, -0.15) is 0 Å². The van der Waals surface area contributed by atoms with E-state index in [1.165, 1.54) is 0 Å². The van der Waals surface area contributed by atoms with Crippen molar-refractivity contribution in [2.75, 3.05) is 0 Å². The fraction of sp³-hybridized carbons (Fsp3) is 0.462. The fourth-order valence-corrected chi connectivity index (χ4v) is 2.15. The first-order valence-electron chi connectivity index (χ1n) is 5.54. The van der Waals surface area contributed by atoms with Crippen molar-refractivity contribution in [3.05, 3.63) is 34.6 Å². The van der Waals surface area contributed by atoms with Crippen molar-refractivity contribution in [3.63, 3.8) is 0 Å². The van der Waals surface area contributed by atoms with Crippen LogP contribution in [0.25, 0.3) is 4.85 Å². The number of rotatable bonds is 2. The Hall–Kier alpha value is -1.24. The van der Waals surface area contributed by atoms with Crippen LogP contribution < -0.4 is 10.5 Å². The van der Waals surface area contributed by atoms with Gasteiger partial charge in [0, 0.05) is 17.9 Å². The Morgan fingerprint density at radius 3 is 2.71 bits per heavy atom. The highest BCUT2D eigenvalue weighted by Crippen LogP contribution is 2.42. The molecule has 17 heavy (non-hydrogen) atoms. The van der Waals surface area contributed by atoms with Crippen LogP contribution in [0.5, 0.6) is 5.75 Å². The molecule has 3 nitrogen and oxygen atoms in total. The lowest BCUT2D eigenvalue weighted by Crippen LogP contribution is -2.60. The van der Waals surface area contributed by atoms with Gasteiger partial charge >= 0.3 is 0 Å². The lowest BCUT2D eigenvalue weighted by molar-refractivity contribution is -0.0399. The SMILES string of the molecule is [C-]#[N+]c1ccc(O[C@H]2C[C@H](N)C2(C)C)cc1Cl. The Labute approximate surface area is 106 Å². The average Bonchev–Trinajstić information content (AvgIpc) is 2.29. The van der Waals surface area contributed by atoms with Crippen molar-refractivity contribution in [2.24, 2.45) is 11.1 Å². The van der Waals surface area contributed by atoms with Crippen molar-refractivity contribution < 1.29 is 4.74 Å². The number of halogens is 1. The van der Waals surface area contributed by atoms with Crippen molar-refractivity contribution in [1.82, 2.24) is 0 Å². The van der Waals surface area contributed by atoms with Crippen molar-refractivity contribution in [1.29, 1.82) is 0 Å². The third kappa shape index (κ3) is 2.11. The number of nitrogens with zero attached hydrogens (tertiary/aromatic N) is 1. The van der Waals surface area contributed by atoms with Crippen molar-refractivity contribution in [2.45, 2.75) is 32.4 Å². The summed E-state index contributed by atoms with van der Waals surface area (Å²) in [6.07, 6.45) is 0.974. The second-order valence-corrected chi connectivity index (χ2v) is 5.40. The quantitative estimate of drug-likeness (QED) is 0.818. The molecule has 1 saturated carbocycles. The highest BCUT2D eigenvalue weighted by atomic mass is 35.5. The van der Waals surface area contributed by atoms with Crippen LogP contribution >= 0.6 is 11.6 Å². The Morgan fingerprint density at radius 2 is 2.24 bits per heavy atom. The molecule has 0 aromatic heterocycles. The number of nitrogens with two attached hydrogens (primary N) is 1. The summed E-state index contributed by atoms with van der Waals surface area (Å²) in [4.78, 5) is 3.31. The molecule has 1 fully saturated rings. The zero-order valence-electron chi connectivity index (χ0n) is 9.90. The lowest BCUT2D eigenvalue weighted by Gasteiger charge is -2.49. The first-order chi connectivity index (χ1) is 7.95. The van der Waals surface area contributed by atoms with Gasteiger partial charge in [0.25, 0.3) is 0 Å². The van der Waals surface area contributed by atoms with Gasteiger partial charge in [-0.25, -0.2) is 4.85 Å². The van der Waals surface area contributed by atoms with E-state index in [1.54, 1.807) is 18.2 Å². The monoisotopic (exact) mass is 250 g/mol. The molecule has 4 heteroatoms. The van der Waals surface area contributed by atoms with Crippen LogP contribution in [0.15, 0.2) is 18.2 Å². The molecule has 0 heterocycles. The molecule has 2 atom stereocenters. The second-order valence-electron chi connectivity index (χ2n) is 5.00. The normalized spacial score (nSPS) is 25.8. The third-order valence-corrected chi connectivity index (χ3v) is 3.87. The van der Waals surface area contributed by atoms with E-state index in [4.69, 9.17) is 28.6 Å². The van der Waals surface area contributed by atoms with Crippen LogP contribution in [-0.2, 0) is 0 Å². The third-order valence-electron chi connectivity index (χ3n) is 3.57. The molecular weight excluding hydrogens is 236 g/mol. The summed E-state index contributed by atoms with van der Waals surface area (Å²) in [5.74, 6) is 0.701. The minimum Gasteiger partial charge on any atom is -0.490 e. The molecule has 2 rings (SSSR count). The van der Waals surface area contributed by atoms with E-state index < -0.39 is 0 Å². The Morgan fingerprint density at radius 1 is 1.53 bits per heavy atom. The summed E-state index contributed by atoms with van der Waals surface area (Å²) in [7, 11) is 0. The maximum Gasteiger partial charge on any atom is 0.205 e. The largest absolute Gasteiger partial charge is 0.490 e. The van der Waals surface area contributed by atoms with E-state index in [2.05, 4.69) is 18.7 Å². The molecule has 1 aliphatic rings. The van der Waals surface area contributed by atoms with Gasteiger partial charge < -0.3 is 10.5 Å². The molecule has 90 valence electrons. The molecule has 2 N–H and O–H groups in total. The molecule has 0 amide bonds. The number of ether oxygens (including phenoxy) is 1. The molecule has 0 radical (unpaired) electrons. The van der Waals surface area contributed by atoms with E-state index in [-0.39, 0.29) is 17.6 Å². The summed E-state index contributed by atoms with van der Waals surface area (Å²) < 4.78 is 5.85. The predicted octanol–water partition coefficient (Wildman–Crippen LogP) is 3.40.